The zero-order valence-electron chi connectivity index (χ0n) is 10.4. The van der Waals surface area contributed by atoms with E-state index in [2.05, 4.69) is 13.2 Å². The smallest absolute Gasteiger partial charge is 0.320 e. The predicted molar refractivity (Wildman–Crippen MR) is 66.4 cm³/mol. The van der Waals surface area contributed by atoms with Gasteiger partial charge in [0.2, 0.25) is 0 Å². The van der Waals surface area contributed by atoms with Crippen molar-refractivity contribution >= 4 is 11.8 Å². The summed E-state index contributed by atoms with van der Waals surface area (Å²) in [5.41, 5.74) is 0.908. The molecule has 1 fully saturated rings. The fourth-order valence-electron chi connectivity index (χ4n) is 1.97. The first-order valence-corrected chi connectivity index (χ1v) is 5.58. The number of ether oxygens (including phenoxy) is 1. The first-order valence-electron chi connectivity index (χ1n) is 5.58. The first-order chi connectivity index (χ1) is 7.97. The Kier molecular flexibility index (Phi) is 4.05. The van der Waals surface area contributed by atoms with Gasteiger partial charge in [0.15, 0.2) is 12.4 Å². The second-order valence-electron chi connectivity index (χ2n) is 4.42. The zero-order chi connectivity index (χ0) is 13.1. The van der Waals surface area contributed by atoms with Crippen LogP contribution in [0.2, 0.25) is 0 Å². The summed E-state index contributed by atoms with van der Waals surface area (Å²) in [5.74, 6) is -0.586. The molecule has 1 heterocycles. The minimum absolute atomic E-state index is 0.118. The molecule has 3 nitrogen and oxygen atoms in total. The third-order valence-corrected chi connectivity index (χ3v) is 3.30. The van der Waals surface area contributed by atoms with E-state index in [1.807, 2.05) is 13.8 Å². The van der Waals surface area contributed by atoms with Gasteiger partial charge >= 0.3 is 5.97 Å². The van der Waals surface area contributed by atoms with Crippen LogP contribution in [-0.2, 0) is 14.3 Å². The molecule has 0 saturated carbocycles. The van der Waals surface area contributed by atoms with E-state index in [1.165, 1.54) is 0 Å². The molecule has 0 aliphatic carbocycles. The number of cyclic esters (lactones) is 1. The molecule has 0 amide bonds. The molecule has 92 valence electrons. The molecular weight excluding hydrogens is 216 g/mol. The lowest BCUT2D eigenvalue weighted by Gasteiger charge is -2.22. The van der Waals surface area contributed by atoms with Gasteiger partial charge in [0.1, 0.15) is 5.41 Å². The van der Waals surface area contributed by atoms with Gasteiger partial charge in [0.05, 0.1) is 0 Å². The van der Waals surface area contributed by atoms with Gasteiger partial charge in [-0.05, 0) is 26.7 Å². The molecule has 0 aromatic rings. The molecule has 1 unspecified atom stereocenters. The second kappa shape index (κ2) is 5.13. The summed E-state index contributed by atoms with van der Waals surface area (Å²) in [6, 6.07) is 0. The highest BCUT2D eigenvalue weighted by atomic mass is 16.5. The summed E-state index contributed by atoms with van der Waals surface area (Å²) in [6.45, 7) is 11.0. The van der Waals surface area contributed by atoms with E-state index in [0.29, 0.717) is 12.8 Å². The minimum Gasteiger partial charge on any atom is -0.457 e. The molecular formula is C14H18O3. The van der Waals surface area contributed by atoms with Crippen molar-refractivity contribution < 1.29 is 14.3 Å². The zero-order valence-corrected chi connectivity index (χ0v) is 10.4. The Morgan fingerprint density at radius 1 is 1.41 bits per heavy atom. The van der Waals surface area contributed by atoms with Crippen molar-refractivity contribution in [3.8, 4) is 0 Å². The molecule has 1 aliphatic rings. The average molecular weight is 234 g/mol. The Hall–Kier alpha value is -1.64. The quantitative estimate of drug-likeness (QED) is 0.318. The van der Waals surface area contributed by atoms with Crippen molar-refractivity contribution in [1.82, 2.24) is 0 Å². The van der Waals surface area contributed by atoms with Gasteiger partial charge in [-0.2, -0.15) is 0 Å². The van der Waals surface area contributed by atoms with E-state index in [4.69, 9.17) is 4.74 Å². The van der Waals surface area contributed by atoms with Crippen LogP contribution in [0.1, 0.15) is 26.7 Å². The van der Waals surface area contributed by atoms with Crippen LogP contribution in [0.15, 0.2) is 36.5 Å². The Balaban J connectivity index is 3.09. The van der Waals surface area contributed by atoms with Gasteiger partial charge in [-0.1, -0.05) is 29.9 Å². The van der Waals surface area contributed by atoms with Gasteiger partial charge in [0.25, 0.3) is 0 Å². The highest BCUT2D eigenvalue weighted by Gasteiger charge is 2.51. The molecule has 0 N–H and O–H groups in total. The van der Waals surface area contributed by atoms with Gasteiger partial charge in [-0.25, -0.2) is 0 Å². The Labute approximate surface area is 102 Å². The summed E-state index contributed by atoms with van der Waals surface area (Å²) in [5, 5.41) is 0. The van der Waals surface area contributed by atoms with E-state index in [9.17, 15) is 9.59 Å². The van der Waals surface area contributed by atoms with Crippen molar-refractivity contribution in [2.75, 3.05) is 6.61 Å². The summed E-state index contributed by atoms with van der Waals surface area (Å²) < 4.78 is 4.86. The van der Waals surface area contributed by atoms with E-state index in [0.717, 1.165) is 11.1 Å². The van der Waals surface area contributed by atoms with Crippen LogP contribution in [0.4, 0.5) is 0 Å². The Morgan fingerprint density at radius 3 is 2.47 bits per heavy atom. The third-order valence-electron chi connectivity index (χ3n) is 3.30. The van der Waals surface area contributed by atoms with Crippen molar-refractivity contribution in [1.29, 1.82) is 0 Å². The summed E-state index contributed by atoms with van der Waals surface area (Å²) in [6.07, 6.45) is 4.03. The minimum atomic E-state index is -1.06. The largest absolute Gasteiger partial charge is 0.457 e. The molecule has 17 heavy (non-hydrogen) atoms. The van der Waals surface area contributed by atoms with Gasteiger partial charge in [0, 0.05) is 0 Å². The number of hydrogen-bond donors (Lipinski definition) is 0. The van der Waals surface area contributed by atoms with Crippen LogP contribution in [0.25, 0.3) is 0 Å². The van der Waals surface area contributed by atoms with Crippen LogP contribution in [0.5, 0.6) is 0 Å². The number of carbonyl (C=O) groups excluding carboxylic acids is 2. The number of hydrogen-bond acceptors (Lipinski definition) is 3. The van der Waals surface area contributed by atoms with Crippen molar-refractivity contribution in [3.63, 3.8) is 0 Å². The maximum absolute atomic E-state index is 11.9. The Morgan fingerprint density at radius 2 is 2.06 bits per heavy atom. The number of ketones is 1. The molecule has 0 spiro atoms. The number of rotatable bonds is 5. The molecule has 0 aromatic carbocycles. The molecule has 1 atom stereocenters. The number of Topliss-reactive ketones (excluding diaryl/α,β-unsaturated/α-hetero) is 1. The van der Waals surface area contributed by atoms with E-state index < -0.39 is 11.4 Å². The van der Waals surface area contributed by atoms with Crippen LogP contribution >= 0.6 is 0 Å². The predicted octanol–water partition coefficient (Wildman–Crippen LogP) is 2.59. The average Bonchev–Trinajstić information content (AvgIpc) is 2.57. The van der Waals surface area contributed by atoms with Crippen molar-refractivity contribution in [2.24, 2.45) is 5.41 Å². The topological polar surface area (TPSA) is 43.4 Å². The van der Waals surface area contributed by atoms with Crippen molar-refractivity contribution in [3.05, 3.63) is 36.5 Å². The standard InChI is InChI=1S/C14H18O3/c1-5-7-14(8-11(4)10(3)6-2)12(15)9-17-13(14)16/h5-6H,1-2,7-9H2,3-4H3/b11-10-. The number of carbonyl (C=O) groups is 2. The van der Waals surface area contributed by atoms with Gasteiger partial charge in [-0.3, -0.25) is 9.59 Å². The van der Waals surface area contributed by atoms with Crippen LogP contribution in [0, 0.1) is 5.41 Å². The summed E-state index contributed by atoms with van der Waals surface area (Å²) in [4.78, 5) is 23.7. The molecule has 0 aromatic heterocycles. The lowest BCUT2D eigenvalue weighted by molar-refractivity contribution is -0.146. The van der Waals surface area contributed by atoms with E-state index in [1.54, 1.807) is 12.2 Å². The molecule has 3 heteroatoms. The second-order valence-corrected chi connectivity index (χ2v) is 4.42. The lowest BCUT2D eigenvalue weighted by Crippen LogP contribution is -2.33. The fourth-order valence-corrected chi connectivity index (χ4v) is 1.97. The van der Waals surface area contributed by atoms with Crippen molar-refractivity contribution in [2.45, 2.75) is 26.7 Å². The molecule has 1 rings (SSSR count). The highest BCUT2D eigenvalue weighted by molar-refractivity contribution is 6.09. The fraction of sp³-hybridized carbons (Fsp3) is 0.429. The van der Waals surface area contributed by atoms with Crippen LogP contribution < -0.4 is 0 Å². The maximum Gasteiger partial charge on any atom is 0.320 e. The first kappa shape index (κ1) is 13.4. The third kappa shape index (κ3) is 2.38. The van der Waals surface area contributed by atoms with Crippen LogP contribution in [0.3, 0.4) is 0 Å². The Bertz CT molecular complexity index is 386. The molecule has 0 bridgehead atoms. The monoisotopic (exact) mass is 234 g/mol. The molecule has 1 aliphatic heterocycles. The van der Waals surface area contributed by atoms with Gasteiger partial charge < -0.3 is 4.74 Å². The molecule has 1 saturated heterocycles. The number of esters is 1. The SMILES string of the molecule is C=CCC1(C/C(C)=C(/C)C=C)C(=O)COC1=O. The lowest BCUT2D eigenvalue weighted by atomic mass is 9.76. The number of allylic oxidation sites excluding steroid dienone is 4. The highest BCUT2D eigenvalue weighted by Crippen LogP contribution is 2.38. The van der Waals surface area contributed by atoms with E-state index in [-0.39, 0.29) is 12.4 Å². The summed E-state index contributed by atoms with van der Waals surface area (Å²) in [7, 11) is 0. The normalized spacial score (nSPS) is 25.3. The molecule has 0 radical (unpaired) electrons. The van der Waals surface area contributed by atoms with Crippen LogP contribution in [-0.4, -0.2) is 18.4 Å². The van der Waals surface area contributed by atoms with E-state index >= 15 is 0 Å². The summed E-state index contributed by atoms with van der Waals surface area (Å²) >= 11 is 0. The maximum atomic E-state index is 11.9. The van der Waals surface area contributed by atoms with Gasteiger partial charge in [-0.15, -0.1) is 6.58 Å².